The summed E-state index contributed by atoms with van der Waals surface area (Å²) in [7, 11) is 4.29. The van der Waals surface area contributed by atoms with Gasteiger partial charge in [-0.1, -0.05) is 13.8 Å². The fraction of sp³-hybridized carbons (Fsp3) is 0.696. The largest absolute Gasteiger partial charge is 0.374 e. The van der Waals surface area contributed by atoms with Crippen LogP contribution in [0.4, 0.5) is 11.4 Å². The maximum absolute atomic E-state index is 12.2. The van der Waals surface area contributed by atoms with Gasteiger partial charge in [-0.3, -0.25) is 4.79 Å². The van der Waals surface area contributed by atoms with Crippen molar-refractivity contribution in [3.8, 4) is 0 Å². The number of hydrogen-bond acceptors (Lipinski definition) is 5. The molecule has 2 fully saturated rings. The molecule has 0 radical (unpaired) electrons. The Labute approximate surface area is 175 Å². The molecule has 3 rings (SSSR count). The van der Waals surface area contributed by atoms with E-state index in [4.69, 9.17) is 0 Å². The molecule has 2 heterocycles. The van der Waals surface area contributed by atoms with Crippen LogP contribution in [-0.2, 0) is 4.79 Å². The normalized spacial score (nSPS) is 21.8. The second-order valence-corrected chi connectivity index (χ2v) is 9.30. The predicted octanol–water partition coefficient (Wildman–Crippen LogP) is 2.84. The first-order chi connectivity index (χ1) is 13.8. The lowest BCUT2D eigenvalue weighted by Crippen LogP contribution is -2.43. The van der Waals surface area contributed by atoms with E-state index in [1.54, 1.807) is 0 Å². The number of aliphatic hydroxyl groups is 1. The number of likely N-dealkylation sites (tertiary alicyclic amines) is 1. The second kappa shape index (κ2) is 9.81. The molecule has 1 aromatic rings. The molecular formula is C23H38N4O2. The van der Waals surface area contributed by atoms with Crippen molar-refractivity contribution in [1.82, 2.24) is 9.80 Å². The molecule has 0 spiro atoms. The lowest BCUT2D eigenvalue weighted by atomic mass is 9.94. The van der Waals surface area contributed by atoms with E-state index in [1.807, 2.05) is 4.90 Å². The topological polar surface area (TPSA) is 59.1 Å². The van der Waals surface area contributed by atoms with Gasteiger partial charge in [-0.2, -0.15) is 0 Å². The van der Waals surface area contributed by atoms with Gasteiger partial charge in [0.1, 0.15) is 6.23 Å². The molecule has 2 atom stereocenters. The molecule has 1 amide bonds. The Balaban J connectivity index is 1.46. The second-order valence-electron chi connectivity index (χ2n) is 9.30. The van der Waals surface area contributed by atoms with Gasteiger partial charge in [-0.15, -0.1) is 0 Å². The highest BCUT2D eigenvalue weighted by atomic mass is 16.3. The fourth-order valence-corrected chi connectivity index (χ4v) is 4.40. The first kappa shape index (κ1) is 21.9. The Morgan fingerprint density at radius 3 is 2.34 bits per heavy atom. The van der Waals surface area contributed by atoms with Crippen LogP contribution >= 0.6 is 0 Å². The quantitative estimate of drug-likeness (QED) is 0.687. The van der Waals surface area contributed by atoms with Crippen LogP contribution in [0.5, 0.6) is 0 Å². The highest BCUT2D eigenvalue weighted by molar-refractivity contribution is 5.76. The van der Waals surface area contributed by atoms with Crippen molar-refractivity contribution >= 4 is 17.3 Å². The Hall–Kier alpha value is -1.79. The van der Waals surface area contributed by atoms with Gasteiger partial charge in [0.15, 0.2) is 0 Å². The molecule has 2 N–H and O–H groups in total. The maximum atomic E-state index is 12.2. The zero-order valence-corrected chi connectivity index (χ0v) is 18.5. The van der Waals surface area contributed by atoms with E-state index in [-0.39, 0.29) is 11.8 Å². The number of nitrogens with one attached hydrogen (secondary N) is 1. The van der Waals surface area contributed by atoms with Crippen LogP contribution in [0, 0.1) is 11.8 Å². The van der Waals surface area contributed by atoms with Crippen molar-refractivity contribution < 1.29 is 9.90 Å². The number of nitrogens with zero attached hydrogens (tertiary/aromatic N) is 3. The SMILES string of the molecule is CC(C)CC(=O)N1CCC(C(O)Nc2ccc(N3CCC(N(C)C)C3)cc2)CC1. The number of amides is 1. The highest BCUT2D eigenvalue weighted by Crippen LogP contribution is 2.26. The standard InChI is InChI=1S/C23H38N4O2/c1-17(2)15-22(28)26-12-9-18(10-13-26)23(29)24-19-5-7-20(8-6-19)27-14-11-21(16-27)25(3)4/h5-8,17-18,21,23-24,29H,9-16H2,1-4H3. The van der Waals surface area contributed by atoms with Crippen LogP contribution < -0.4 is 10.2 Å². The zero-order valence-electron chi connectivity index (χ0n) is 18.5. The Morgan fingerprint density at radius 2 is 1.79 bits per heavy atom. The molecule has 2 aliphatic rings. The maximum Gasteiger partial charge on any atom is 0.222 e. The van der Waals surface area contributed by atoms with Crippen LogP contribution in [0.2, 0.25) is 0 Å². The van der Waals surface area contributed by atoms with Gasteiger partial charge >= 0.3 is 0 Å². The first-order valence-electron chi connectivity index (χ1n) is 11.1. The van der Waals surface area contributed by atoms with Gasteiger partial charge < -0.3 is 25.1 Å². The number of aliphatic hydroxyl groups excluding tert-OH is 1. The van der Waals surface area contributed by atoms with Gasteiger partial charge in [0.2, 0.25) is 5.91 Å². The van der Waals surface area contributed by atoms with Gasteiger partial charge in [0, 0.05) is 55.9 Å². The number of carbonyl (C=O) groups excluding carboxylic acids is 1. The predicted molar refractivity (Wildman–Crippen MR) is 119 cm³/mol. The number of rotatable bonds is 7. The summed E-state index contributed by atoms with van der Waals surface area (Å²) >= 11 is 0. The molecule has 2 saturated heterocycles. The molecule has 6 nitrogen and oxygen atoms in total. The number of piperidine rings is 1. The minimum Gasteiger partial charge on any atom is -0.374 e. The molecule has 6 heteroatoms. The minimum atomic E-state index is -0.576. The van der Waals surface area contributed by atoms with E-state index in [9.17, 15) is 9.90 Å². The molecule has 29 heavy (non-hydrogen) atoms. The van der Waals surface area contributed by atoms with Crippen LogP contribution in [0.15, 0.2) is 24.3 Å². The number of likely N-dealkylation sites (N-methyl/N-ethyl adjacent to an activating group) is 1. The lowest BCUT2D eigenvalue weighted by Gasteiger charge is -2.35. The van der Waals surface area contributed by atoms with E-state index in [1.165, 1.54) is 12.1 Å². The summed E-state index contributed by atoms with van der Waals surface area (Å²) in [6.45, 7) is 7.80. The summed E-state index contributed by atoms with van der Waals surface area (Å²) in [6, 6.07) is 9.01. The monoisotopic (exact) mass is 402 g/mol. The van der Waals surface area contributed by atoms with Crippen molar-refractivity contribution in [3.05, 3.63) is 24.3 Å². The summed E-state index contributed by atoms with van der Waals surface area (Å²) in [4.78, 5) is 18.9. The van der Waals surface area contributed by atoms with Gasteiger partial charge in [0.25, 0.3) is 0 Å². The number of carbonyl (C=O) groups is 1. The molecular weight excluding hydrogens is 364 g/mol. The summed E-state index contributed by atoms with van der Waals surface area (Å²) in [5.74, 6) is 0.817. The van der Waals surface area contributed by atoms with E-state index in [0.717, 1.165) is 44.7 Å². The third kappa shape index (κ3) is 5.86. The molecule has 0 aliphatic carbocycles. The summed E-state index contributed by atoms with van der Waals surface area (Å²) in [6.07, 6.45) is 2.92. The van der Waals surface area contributed by atoms with Gasteiger partial charge in [0.05, 0.1) is 0 Å². The van der Waals surface area contributed by atoms with Crippen LogP contribution in [0.25, 0.3) is 0 Å². The third-order valence-corrected chi connectivity index (χ3v) is 6.36. The van der Waals surface area contributed by atoms with Crippen molar-refractivity contribution in [2.75, 3.05) is 50.5 Å². The summed E-state index contributed by atoms with van der Waals surface area (Å²) < 4.78 is 0. The van der Waals surface area contributed by atoms with E-state index >= 15 is 0 Å². The summed E-state index contributed by atoms with van der Waals surface area (Å²) in [5.41, 5.74) is 2.19. The Morgan fingerprint density at radius 1 is 1.14 bits per heavy atom. The van der Waals surface area contributed by atoms with E-state index in [0.29, 0.717) is 18.4 Å². The third-order valence-electron chi connectivity index (χ3n) is 6.36. The Bertz CT molecular complexity index is 653. The van der Waals surface area contributed by atoms with Gasteiger partial charge in [-0.25, -0.2) is 0 Å². The van der Waals surface area contributed by atoms with Gasteiger partial charge in [-0.05, 0) is 63.5 Å². The van der Waals surface area contributed by atoms with Crippen LogP contribution in [0.3, 0.4) is 0 Å². The van der Waals surface area contributed by atoms with E-state index in [2.05, 4.69) is 67.3 Å². The highest BCUT2D eigenvalue weighted by Gasteiger charge is 2.28. The number of anilines is 2. The number of benzene rings is 1. The van der Waals surface area contributed by atoms with Crippen molar-refractivity contribution in [2.45, 2.75) is 51.8 Å². The molecule has 2 unspecified atom stereocenters. The molecule has 162 valence electrons. The lowest BCUT2D eigenvalue weighted by molar-refractivity contribution is -0.133. The minimum absolute atomic E-state index is 0.178. The molecule has 1 aromatic carbocycles. The van der Waals surface area contributed by atoms with Crippen molar-refractivity contribution in [1.29, 1.82) is 0 Å². The van der Waals surface area contributed by atoms with Crippen LogP contribution in [-0.4, -0.2) is 73.4 Å². The summed E-state index contributed by atoms with van der Waals surface area (Å²) in [5, 5.41) is 13.9. The number of hydrogen-bond donors (Lipinski definition) is 2. The average Bonchev–Trinajstić information content (AvgIpc) is 3.19. The zero-order chi connectivity index (χ0) is 21.0. The molecule has 0 saturated carbocycles. The van der Waals surface area contributed by atoms with Crippen LogP contribution in [0.1, 0.15) is 39.5 Å². The molecule has 0 bridgehead atoms. The van der Waals surface area contributed by atoms with Crippen molar-refractivity contribution in [2.24, 2.45) is 11.8 Å². The Kier molecular flexibility index (Phi) is 7.41. The van der Waals surface area contributed by atoms with Crippen molar-refractivity contribution in [3.63, 3.8) is 0 Å². The van der Waals surface area contributed by atoms with E-state index < -0.39 is 6.23 Å². The first-order valence-corrected chi connectivity index (χ1v) is 11.1. The molecule has 0 aromatic heterocycles. The smallest absolute Gasteiger partial charge is 0.222 e. The average molecular weight is 403 g/mol. The molecule has 2 aliphatic heterocycles. The fourth-order valence-electron chi connectivity index (χ4n) is 4.40.